The molecule has 2 atom stereocenters. The van der Waals surface area contributed by atoms with Gasteiger partial charge in [0.05, 0.1) is 16.4 Å². The predicted octanol–water partition coefficient (Wildman–Crippen LogP) is 3.44. The number of aromatic nitrogens is 2. The first kappa shape index (κ1) is 14.9. The molecule has 0 radical (unpaired) electrons. The fourth-order valence-corrected chi connectivity index (χ4v) is 2.83. The van der Waals surface area contributed by atoms with Gasteiger partial charge < -0.3 is 5.32 Å². The highest BCUT2D eigenvalue weighted by molar-refractivity contribution is 6.31. The van der Waals surface area contributed by atoms with Gasteiger partial charge in [0.25, 0.3) is 0 Å². The van der Waals surface area contributed by atoms with Crippen LogP contribution in [0.5, 0.6) is 0 Å². The van der Waals surface area contributed by atoms with E-state index >= 15 is 0 Å². The van der Waals surface area contributed by atoms with E-state index in [0.717, 1.165) is 36.1 Å². The zero-order valence-electron chi connectivity index (χ0n) is 12.5. The number of nitrogens with one attached hydrogen (secondary N) is 1. The van der Waals surface area contributed by atoms with Crippen molar-refractivity contribution in [3.05, 3.63) is 16.4 Å². The molecule has 1 aliphatic carbocycles. The highest BCUT2D eigenvalue weighted by atomic mass is 35.5. The van der Waals surface area contributed by atoms with Crippen molar-refractivity contribution in [2.24, 2.45) is 5.92 Å². The van der Waals surface area contributed by atoms with Gasteiger partial charge in [-0.3, -0.25) is 4.68 Å². The van der Waals surface area contributed by atoms with Gasteiger partial charge in [0.1, 0.15) is 0 Å². The summed E-state index contributed by atoms with van der Waals surface area (Å²) in [5, 5.41) is 9.16. The van der Waals surface area contributed by atoms with Gasteiger partial charge >= 0.3 is 0 Å². The minimum atomic E-state index is 0.536. The molecule has 2 rings (SSSR count). The average Bonchev–Trinajstić information content (AvgIpc) is 3.15. The monoisotopic (exact) mass is 283 g/mol. The Kier molecular flexibility index (Phi) is 4.91. The summed E-state index contributed by atoms with van der Waals surface area (Å²) in [6, 6.07) is 1.30. The molecule has 108 valence electrons. The number of rotatable bonds is 7. The van der Waals surface area contributed by atoms with Gasteiger partial charge in [-0.15, -0.1) is 0 Å². The van der Waals surface area contributed by atoms with Crippen molar-refractivity contribution in [3.8, 4) is 0 Å². The van der Waals surface area contributed by atoms with E-state index in [2.05, 4.69) is 42.8 Å². The van der Waals surface area contributed by atoms with Crippen LogP contribution in [0, 0.1) is 5.92 Å². The van der Waals surface area contributed by atoms with Crippen LogP contribution >= 0.6 is 11.6 Å². The van der Waals surface area contributed by atoms with E-state index < -0.39 is 0 Å². The maximum Gasteiger partial charge on any atom is 0.0849 e. The highest BCUT2D eigenvalue weighted by Gasteiger charge is 2.26. The molecule has 0 spiro atoms. The number of hydrogen-bond donors (Lipinski definition) is 1. The standard InChI is InChI=1S/C15H26ClN3/c1-5-13-15(16)14(19(6-2)18-13)9-10(3)11(4)17-12-7-8-12/h10-12,17H,5-9H2,1-4H3. The van der Waals surface area contributed by atoms with Crippen LogP contribution < -0.4 is 5.32 Å². The van der Waals surface area contributed by atoms with Gasteiger partial charge in [-0.25, -0.2) is 0 Å². The molecule has 1 aromatic rings. The van der Waals surface area contributed by atoms with Crippen LogP contribution in [0.3, 0.4) is 0 Å². The number of aryl methyl sites for hydroxylation is 2. The van der Waals surface area contributed by atoms with E-state index in [9.17, 15) is 0 Å². The van der Waals surface area contributed by atoms with Crippen LogP contribution in [0.25, 0.3) is 0 Å². The fourth-order valence-electron chi connectivity index (χ4n) is 2.48. The third-order valence-corrected chi connectivity index (χ3v) is 4.58. The summed E-state index contributed by atoms with van der Waals surface area (Å²) in [6.45, 7) is 9.72. The van der Waals surface area contributed by atoms with Crippen LogP contribution in [-0.2, 0) is 19.4 Å². The maximum atomic E-state index is 6.47. The summed E-state index contributed by atoms with van der Waals surface area (Å²) in [5.74, 6) is 0.574. The molecule has 0 aliphatic heterocycles. The molecule has 1 heterocycles. The van der Waals surface area contributed by atoms with Crippen molar-refractivity contribution in [3.63, 3.8) is 0 Å². The van der Waals surface area contributed by atoms with E-state index in [4.69, 9.17) is 11.6 Å². The molecule has 0 saturated heterocycles. The summed E-state index contributed by atoms with van der Waals surface area (Å²) in [7, 11) is 0. The molecule has 19 heavy (non-hydrogen) atoms. The normalized spacial score (nSPS) is 18.6. The van der Waals surface area contributed by atoms with Gasteiger partial charge in [0.15, 0.2) is 0 Å². The van der Waals surface area contributed by atoms with Crippen molar-refractivity contribution < 1.29 is 0 Å². The second kappa shape index (κ2) is 6.27. The van der Waals surface area contributed by atoms with Crippen molar-refractivity contribution in [1.82, 2.24) is 15.1 Å². The highest BCUT2D eigenvalue weighted by Crippen LogP contribution is 2.26. The van der Waals surface area contributed by atoms with E-state index in [-0.39, 0.29) is 0 Å². The van der Waals surface area contributed by atoms with Crippen LogP contribution in [0.2, 0.25) is 5.02 Å². The second-order valence-corrected chi connectivity index (χ2v) is 6.17. The second-order valence-electron chi connectivity index (χ2n) is 5.79. The molecule has 1 aromatic heterocycles. The quantitative estimate of drug-likeness (QED) is 0.831. The van der Waals surface area contributed by atoms with Crippen molar-refractivity contribution in [2.45, 2.75) is 72.0 Å². The predicted molar refractivity (Wildman–Crippen MR) is 80.8 cm³/mol. The van der Waals surface area contributed by atoms with Gasteiger partial charge in [-0.1, -0.05) is 25.4 Å². The van der Waals surface area contributed by atoms with Gasteiger partial charge in [0.2, 0.25) is 0 Å². The Morgan fingerprint density at radius 1 is 1.37 bits per heavy atom. The molecule has 3 nitrogen and oxygen atoms in total. The number of nitrogens with zero attached hydrogens (tertiary/aromatic N) is 2. The summed E-state index contributed by atoms with van der Waals surface area (Å²) >= 11 is 6.47. The first-order chi connectivity index (χ1) is 9.06. The number of halogens is 1. The molecule has 2 unspecified atom stereocenters. The van der Waals surface area contributed by atoms with Crippen LogP contribution in [0.1, 0.15) is 51.9 Å². The van der Waals surface area contributed by atoms with Crippen molar-refractivity contribution in [1.29, 1.82) is 0 Å². The van der Waals surface area contributed by atoms with Crippen LogP contribution in [-0.4, -0.2) is 21.9 Å². The minimum absolute atomic E-state index is 0.536. The minimum Gasteiger partial charge on any atom is -0.311 e. The number of hydrogen-bond acceptors (Lipinski definition) is 2. The Bertz CT molecular complexity index is 423. The van der Waals surface area contributed by atoms with E-state index in [1.807, 2.05) is 0 Å². The SMILES string of the molecule is CCc1nn(CC)c(CC(C)C(C)NC2CC2)c1Cl. The lowest BCUT2D eigenvalue weighted by Crippen LogP contribution is -2.35. The molecule has 1 fully saturated rings. The van der Waals surface area contributed by atoms with Crippen molar-refractivity contribution >= 4 is 11.6 Å². The summed E-state index contributed by atoms with van der Waals surface area (Å²) < 4.78 is 2.07. The lowest BCUT2D eigenvalue weighted by atomic mass is 9.97. The van der Waals surface area contributed by atoms with Crippen LogP contribution in [0.15, 0.2) is 0 Å². The Labute approximate surface area is 121 Å². The molecule has 0 amide bonds. The Hall–Kier alpha value is -0.540. The van der Waals surface area contributed by atoms with Gasteiger partial charge in [0, 0.05) is 18.6 Å². The van der Waals surface area contributed by atoms with Crippen molar-refractivity contribution in [2.75, 3.05) is 0 Å². The fraction of sp³-hybridized carbons (Fsp3) is 0.800. The first-order valence-corrected chi connectivity index (χ1v) is 7.94. The molecular formula is C15H26ClN3. The largest absolute Gasteiger partial charge is 0.311 e. The average molecular weight is 284 g/mol. The van der Waals surface area contributed by atoms with Gasteiger partial charge in [-0.05, 0) is 45.4 Å². The zero-order chi connectivity index (χ0) is 14.0. The van der Waals surface area contributed by atoms with E-state index in [1.165, 1.54) is 18.5 Å². The molecule has 0 bridgehead atoms. The molecular weight excluding hydrogens is 258 g/mol. The summed E-state index contributed by atoms with van der Waals surface area (Å²) in [6.07, 6.45) is 4.58. The van der Waals surface area contributed by atoms with Gasteiger partial charge in [-0.2, -0.15) is 5.10 Å². The summed E-state index contributed by atoms with van der Waals surface area (Å²) in [5.41, 5.74) is 2.24. The third-order valence-electron chi connectivity index (χ3n) is 4.14. The van der Waals surface area contributed by atoms with Crippen LogP contribution in [0.4, 0.5) is 0 Å². The molecule has 1 aliphatic rings. The lowest BCUT2D eigenvalue weighted by molar-refractivity contribution is 0.386. The molecule has 1 saturated carbocycles. The lowest BCUT2D eigenvalue weighted by Gasteiger charge is -2.21. The Balaban J connectivity index is 2.05. The molecule has 1 N–H and O–H groups in total. The molecule has 4 heteroatoms. The zero-order valence-corrected chi connectivity index (χ0v) is 13.3. The Morgan fingerprint density at radius 3 is 2.58 bits per heavy atom. The van der Waals surface area contributed by atoms with E-state index in [0.29, 0.717) is 12.0 Å². The Morgan fingerprint density at radius 2 is 2.05 bits per heavy atom. The third kappa shape index (κ3) is 3.51. The topological polar surface area (TPSA) is 29.9 Å². The molecule has 0 aromatic carbocycles. The smallest absolute Gasteiger partial charge is 0.0849 e. The summed E-state index contributed by atoms with van der Waals surface area (Å²) in [4.78, 5) is 0. The maximum absolute atomic E-state index is 6.47. The van der Waals surface area contributed by atoms with E-state index in [1.54, 1.807) is 0 Å². The first-order valence-electron chi connectivity index (χ1n) is 7.56.